The van der Waals surface area contributed by atoms with Gasteiger partial charge >= 0.3 is 0 Å². The number of nitrogens with zero attached hydrogens (tertiary/aromatic N) is 1. The maximum absolute atomic E-state index is 11.4. The molecule has 0 aromatic rings. The Hall–Kier alpha value is -0.120. The molecule has 1 saturated heterocycles. The van der Waals surface area contributed by atoms with Gasteiger partial charge in [0.25, 0.3) is 0 Å². The minimum atomic E-state index is -0.542. The van der Waals surface area contributed by atoms with Gasteiger partial charge in [0.05, 0.1) is 5.60 Å². The second kappa shape index (κ2) is 6.33. The molecule has 0 bridgehead atoms. The molecular formula is C17H34N2O. The molecule has 3 nitrogen and oxygen atoms in total. The molecule has 0 spiro atoms. The van der Waals surface area contributed by atoms with Crippen molar-refractivity contribution in [3.63, 3.8) is 0 Å². The van der Waals surface area contributed by atoms with Crippen LogP contribution in [0, 0.1) is 11.3 Å². The smallest absolute Gasteiger partial charge is 0.0728 e. The number of likely N-dealkylation sites (tertiary alicyclic amines) is 1. The molecule has 3 unspecified atom stereocenters. The summed E-state index contributed by atoms with van der Waals surface area (Å²) in [6, 6.07) is 0.580. The van der Waals surface area contributed by atoms with Crippen LogP contribution in [0.4, 0.5) is 0 Å². The van der Waals surface area contributed by atoms with Gasteiger partial charge in [-0.15, -0.1) is 0 Å². The van der Waals surface area contributed by atoms with Crippen LogP contribution < -0.4 is 5.73 Å². The van der Waals surface area contributed by atoms with Crippen molar-refractivity contribution in [2.24, 2.45) is 17.1 Å². The highest BCUT2D eigenvalue weighted by molar-refractivity contribution is 5.03. The first kappa shape index (κ1) is 16.3. The third-order valence-corrected chi connectivity index (χ3v) is 6.05. The maximum Gasteiger partial charge on any atom is 0.0728 e. The lowest BCUT2D eigenvalue weighted by molar-refractivity contribution is -0.116. The Morgan fingerprint density at radius 2 is 1.95 bits per heavy atom. The Morgan fingerprint density at radius 1 is 1.20 bits per heavy atom. The standard InChI is InChI=1S/C17H34N2O/c1-14(2)19-10-5-8-17(20,9-11-19)16(13-18)7-4-6-15(3)12-16/h14-15,20H,4-13,18H2,1-3H3. The van der Waals surface area contributed by atoms with E-state index in [0.29, 0.717) is 18.5 Å². The van der Waals surface area contributed by atoms with Gasteiger partial charge in [0.1, 0.15) is 0 Å². The molecule has 20 heavy (non-hydrogen) atoms. The van der Waals surface area contributed by atoms with E-state index < -0.39 is 5.60 Å². The average molecular weight is 282 g/mol. The molecule has 1 aliphatic heterocycles. The molecule has 2 aliphatic rings. The van der Waals surface area contributed by atoms with Crippen LogP contribution in [0.1, 0.15) is 65.7 Å². The zero-order chi connectivity index (χ0) is 14.8. The monoisotopic (exact) mass is 282 g/mol. The van der Waals surface area contributed by atoms with E-state index in [0.717, 1.165) is 45.2 Å². The van der Waals surface area contributed by atoms with E-state index in [2.05, 4.69) is 25.7 Å². The lowest BCUT2D eigenvalue weighted by atomic mass is 9.58. The summed E-state index contributed by atoms with van der Waals surface area (Å²) in [7, 11) is 0. The van der Waals surface area contributed by atoms with Gasteiger partial charge in [-0.05, 0) is 58.4 Å². The SMILES string of the molecule is CC1CCCC(CN)(C2(O)CCCN(C(C)C)CC2)C1. The number of aliphatic hydroxyl groups is 1. The summed E-state index contributed by atoms with van der Waals surface area (Å²) < 4.78 is 0. The van der Waals surface area contributed by atoms with Gasteiger partial charge in [-0.2, -0.15) is 0 Å². The van der Waals surface area contributed by atoms with Crippen LogP contribution in [0.25, 0.3) is 0 Å². The van der Waals surface area contributed by atoms with Crippen molar-refractivity contribution in [2.45, 2.75) is 77.4 Å². The van der Waals surface area contributed by atoms with Gasteiger partial charge in [-0.3, -0.25) is 0 Å². The van der Waals surface area contributed by atoms with Crippen molar-refractivity contribution in [1.29, 1.82) is 0 Å². The third-order valence-electron chi connectivity index (χ3n) is 6.05. The predicted molar refractivity (Wildman–Crippen MR) is 84.6 cm³/mol. The Kier molecular flexibility index (Phi) is 5.14. The first-order chi connectivity index (χ1) is 9.42. The fourth-order valence-corrected chi connectivity index (χ4v) is 4.64. The summed E-state index contributed by atoms with van der Waals surface area (Å²) >= 11 is 0. The van der Waals surface area contributed by atoms with E-state index >= 15 is 0 Å². The summed E-state index contributed by atoms with van der Waals surface area (Å²) in [6.45, 7) is 9.62. The van der Waals surface area contributed by atoms with E-state index in [-0.39, 0.29) is 5.41 Å². The summed E-state index contributed by atoms with van der Waals surface area (Å²) in [5.74, 6) is 0.709. The van der Waals surface area contributed by atoms with Gasteiger partial charge in [-0.25, -0.2) is 0 Å². The topological polar surface area (TPSA) is 49.5 Å². The maximum atomic E-state index is 11.4. The van der Waals surface area contributed by atoms with Crippen LogP contribution in [0.3, 0.4) is 0 Å². The van der Waals surface area contributed by atoms with E-state index in [4.69, 9.17) is 5.73 Å². The minimum absolute atomic E-state index is 0.0301. The number of hydrogen-bond acceptors (Lipinski definition) is 3. The lowest BCUT2D eigenvalue weighted by Gasteiger charge is -2.51. The molecule has 2 rings (SSSR count). The summed E-state index contributed by atoms with van der Waals surface area (Å²) in [4.78, 5) is 2.51. The van der Waals surface area contributed by atoms with E-state index in [1.807, 2.05) is 0 Å². The fourth-order valence-electron chi connectivity index (χ4n) is 4.64. The molecule has 0 aromatic heterocycles. The lowest BCUT2D eigenvalue weighted by Crippen LogP contribution is -2.55. The molecule has 1 heterocycles. The van der Waals surface area contributed by atoms with Gasteiger partial charge < -0.3 is 15.7 Å². The van der Waals surface area contributed by atoms with Gasteiger partial charge in [0, 0.05) is 24.5 Å². The van der Waals surface area contributed by atoms with Crippen molar-refractivity contribution in [2.75, 3.05) is 19.6 Å². The van der Waals surface area contributed by atoms with Crippen LogP contribution in [0.2, 0.25) is 0 Å². The minimum Gasteiger partial charge on any atom is -0.389 e. The van der Waals surface area contributed by atoms with E-state index in [1.165, 1.54) is 12.8 Å². The Bertz CT molecular complexity index is 320. The largest absolute Gasteiger partial charge is 0.389 e. The van der Waals surface area contributed by atoms with Crippen molar-refractivity contribution < 1.29 is 5.11 Å². The van der Waals surface area contributed by atoms with Gasteiger partial charge in [0.15, 0.2) is 0 Å². The Labute approximate surface area is 124 Å². The summed E-state index contributed by atoms with van der Waals surface area (Å²) in [6.07, 6.45) is 7.69. The van der Waals surface area contributed by atoms with Crippen LogP contribution >= 0.6 is 0 Å². The molecule has 2 fully saturated rings. The third kappa shape index (κ3) is 3.05. The molecule has 118 valence electrons. The first-order valence-electron chi connectivity index (χ1n) is 8.59. The van der Waals surface area contributed by atoms with Crippen molar-refractivity contribution in [3.05, 3.63) is 0 Å². The van der Waals surface area contributed by atoms with Crippen LogP contribution in [-0.4, -0.2) is 41.3 Å². The zero-order valence-corrected chi connectivity index (χ0v) is 13.7. The highest BCUT2D eigenvalue weighted by Gasteiger charge is 2.50. The second-order valence-electron chi connectivity index (χ2n) is 7.70. The molecule has 0 amide bonds. The highest BCUT2D eigenvalue weighted by atomic mass is 16.3. The normalized spacial score (nSPS) is 40.8. The van der Waals surface area contributed by atoms with Crippen LogP contribution in [0.5, 0.6) is 0 Å². The molecule has 1 aliphatic carbocycles. The van der Waals surface area contributed by atoms with E-state index in [9.17, 15) is 5.11 Å². The molecule has 1 saturated carbocycles. The number of hydrogen-bond donors (Lipinski definition) is 2. The quantitative estimate of drug-likeness (QED) is 0.837. The molecule has 3 heteroatoms. The Balaban J connectivity index is 2.15. The molecule has 3 N–H and O–H groups in total. The fraction of sp³-hybridized carbons (Fsp3) is 1.00. The molecular weight excluding hydrogens is 248 g/mol. The predicted octanol–water partition coefficient (Wildman–Crippen LogP) is 2.77. The van der Waals surface area contributed by atoms with Gasteiger partial charge in [0.2, 0.25) is 0 Å². The first-order valence-corrected chi connectivity index (χ1v) is 8.59. The molecule has 3 atom stereocenters. The van der Waals surface area contributed by atoms with Gasteiger partial charge in [-0.1, -0.05) is 19.8 Å². The van der Waals surface area contributed by atoms with Crippen molar-refractivity contribution in [3.8, 4) is 0 Å². The number of nitrogens with two attached hydrogens (primary N) is 1. The summed E-state index contributed by atoms with van der Waals surface area (Å²) in [5, 5.41) is 11.4. The van der Waals surface area contributed by atoms with E-state index in [1.54, 1.807) is 0 Å². The van der Waals surface area contributed by atoms with Crippen LogP contribution in [-0.2, 0) is 0 Å². The summed E-state index contributed by atoms with van der Waals surface area (Å²) in [5.41, 5.74) is 5.62. The van der Waals surface area contributed by atoms with Crippen molar-refractivity contribution >= 4 is 0 Å². The molecule has 0 aromatic carbocycles. The zero-order valence-electron chi connectivity index (χ0n) is 13.7. The average Bonchev–Trinajstić information content (AvgIpc) is 2.62. The van der Waals surface area contributed by atoms with Crippen molar-refractivity contribution in [1.82, 2.24) is 4.90 Å². The molecule has 0 radical (unpaired) electrons. The second-order valence-corrected chi connectivity index (χ2v) is 7.70. The highest BCUT2D eigenvalue weighted by Crippen LogP contribution is 2.50. The Morgan fingerprint density at radius 3 is 2.55 bits per heavy atom. The number of rotatable bonds is 3. The van der Waals surface area contributed by atoms with Crippen LogP contribution in [0.15, 0.2) is 0 Å².